The highest BCUT2D eigenvalue weighted by Crippen LogP contribution is 2.29. The second kappa shape index (κ2) is 7.10. The quantitative estimate of drug-likeness (QED) is 0.762. The van der Waals surface area contributed by atoms with Crippen molar-refractivity contribution in [1.82, 2.24) is 10.2 Å². The normalized spacial score (nSPS) is 22.4. The van der Waals surface area contributed by atoms with Crippen molar-refractivity contribution >= 4 is 5.97 Å². The average molecular weight is 256 g/mol. The van der Waals surface area contributed by atoms with E-state index in [0.29, 0.717) is 18.4 Å². The van der Waals surface area contributed by atoms with Crippen LogP contribution in [0.4, 0.5) is 0 Å². The first-order chi connectivity index (χ1) is 8.44. The minimum Gasteiger partial charge on any atom is -0.480 e. The lowest BCUT2D eigenvalue weighted by atomic mass is 9.85. The Morgan fingerprint density at radius 2 is 2.11 bits per heavy atom. The maximum atomic E-state index is 11.1. The smallest absolute Gasteiger partial charge is 0.320 e. The number of hydrogen-bond acceptors (Lipinski definition) is 3. The van der Waals surface area contributed by atoms with Crippen LogP contribution in [0.5, 0.6) is 0 Å². The molecule has 0 amide bonds. The molecule has 0 aromatic carbocycles. The van der Waals surface area contributed by atoms with Crippen LogP contribution in [0.15, 0.2) is 0 Å². The first-order valence-corrected chi connectivity index (χ1v) is 7.13. The van der Waals surface area contributed by atoms with Gasteiger partial charge in [-0.3, -0.25) is 4.79 Å². The molecule has 18 heavy (non-hydrogen) atoms. The summed E-state index contributed by atoms with van der Waals surface area (Å²) in [7, 11) is 0. The summed E-state index contributed by atoms with van der Waals surface area (Å²) in [5.41, 5.74) is 0.447. The van der Waals surface area contributed by atoms with E-state index in [4.69, 9.17) is 5.11 Å². The number of nitrogens with one attached hydrogen (secondary N) is 1. The van der Waals surface area contributed by atoms with Crippen molar-refractivity contribution in [2.45, 2.75) is 52.5 Å². The number of rotatable bonds is 6. The van der Waals surface area contributed by atoms with Crippen LogP contribution in [0.1, 0.15) is 46.5 Å². The highest BCUT2D eigenvalue weighted by molar-refractivity contribution is 5.73. The Labute approximate surface area is 111 Å². The number of nitrogens with zero attached hydrogens (tertiary/aromatic N) is 1. The van der Waals surface area contributed by atoms with Gasteiger partial charge in [0.15, 0.2) is 0 Å². The summed E-state index contributed by atoms with van der Waals surface area (Å²) < 4.78 is 0. The second-order valence-corrected chi connectivity index (χ2v) is 6.10. The topological polar surface area (TPSA) is 52.6 Å². The van der Waals surface area contributed by atoms with Crippen molar-refractivity contribution in [3.63, 3.8) is 0 Å². The molecular weight excluding hydrogens is 228 g/mol. The monoisotopic (exact) mass is 256 g/mol. The fraction of sp³-hybridized carbons (Fsp3) is 0.929. The Bertz CT molecular complexity index is 267. The van der Waals surface area contributed by atoms with Gasteiger partial charge in [0.25, 0.3) is 0 Å². The molecule has 1 saturated heterocycles. The van der Waals surface area contributed by atoms with Crippen molar-refractivity contribution in [1.29, 1.82) is 0 Å². The van der Waals surface area contributed by atoms with E-state index in [1.54, 1.807) is 0 Å². The van der Waals surface area contributed by atoms with E-state index in [-0.39, 0.29) is 0 Å². The molecule has 1 aliphatic heterocycles. The Morgan fingerprint density at radius 3 is 2.72 bits per heavy atom. The molecule has 2 N–H and O–H groups in total. The highest BCUT2D eigenvalue weighted by atomic mass is 16.4. The van der Waals surface area contributed by atoms with Crippen LogP contribution in [0, 0.1) is 5.41 Å². The number of carboxylic acids is 1. The molecule has 4 nitrogen and oxygen atoms in total. The summed E-state index contributed by atoms with van der Waals surface area (Å²) >= 11 is 0. The third-order valence-corrected chi connectivity index (χ3v) is 3.92. The minimum atomic E-state index is -0.730. The molecule has 1 rings (SSSR count). The molecule has 0 saturated carbocycles. The van der Waals surface area contributed by atoms with Crippen molar-refractivity contribution < 1.29 is 9.90 Å². The molecule has 0 spiro atoms. The molecular formula is C14H28N2O2. The zero-order valence-electron chi connectivity index (χ0n) is 12.0. The van der Waals surface area contributed by atoms with Gasteiger partial charge in [-0.05, 0) is 50.7 Å². The van der Waals surface area contributed by atoms with Crippen molar-refractivity contribution in [2.24, 2.45) is 5.41 Å². The number of carbonyl (C=O) groups is 1. The van der Waals surface area contributed by atoms with Crippen LogP contribution in [-0.2, 0) is 4.79 Å². The number of aliphatic carboxylic acids is 1. The molecule has 0 aromatic rings. The van der Waals surface area contributed by atoms with Gasteiger partial charge >= 0.3 is 5.97 Å². The molecule has 0 aromatic heterocycles. The van der Waals surface area contributed by atoms with E-state index in [1.165, 1.54) is 19.3 Å². The van der Waals surface area contributed by atoms with Crippen molar-refractivity contribution in [3.8, 4) is 0 Å². The lowest BCUT2D eigenvalue weighted by molar-refractivity contribution is -0.139. The first kappa shape index (κ1) is 15.4. The highest BCUT2D eigenvalue weighted by Gasteiger charge is 2.24. The van der Waals surface area contributed by atoms with Crippen LogP contribution < -0.4 is 5.32 Å². The van der Waals surface area contributed by atoms with Gasteiger partial charge in [0.05, 0.1) is 0 Å². The van der Waals surface area contributed by atoms with Crippen molar-refractivity contribution in [2.75, 3.05) is 26.2 Å². The van der Waals surface area contributed by atoms with E-state index in [9.17, 15) is 4.79 Å². The van der Waals surface area contributed by atoms with Gasteiger partial charge in [0.2, 0.25) is 0 Å². The van der Waals surface area contributed by atoms with Gasteiger partial charge in [0, 0.05) is 6.54 Å². The predicted molar refractivity (Wildman–Crippen MR) is 73.8 cm³/mol. The molecule has 0 aliphatic carbocycles. The van der Waals surface area contributed by atoms with E-state index in [1.807, 2.05) is 6.92 Å². The maximum absolute atomic E-state index is 11.1. The molecule has 0 bridgehead atoms. The minimum absolute atomic E-state index is 0.397. The molecule has 1 aliphatic rings. The van der Waals surface area contributed by atoms with Gasteiger partial charge in [-0.1, -0.05) is 20.8 Å². The lowest BCUT2D eigenvalue weighted by Crippen LogP contribution is -2.40. The van der Waals surface area contributed by atoms with Crippen molar-refractivity contribution in [3.05, 3.63) is 0 Å². The van der Waals surface area contributed by atoms with Crippen LogP contribution in [-0.4, -0.2) is 48.2 Å². The van der Waals surface area contributed by atoms with Crippen LogP contribution in [0.25, 0.3) is 0 Å². The fourth-order valence-electron chi connectivity index (χ4n) is 2.57. The lowest BCUT2D eigenvalue weighted by Gasteiger charge is -2.24. The SMILES string of the molecule is CCNC(CCN1CCCC(C)(C)CC1)C(=O)O. The molecule has 106 valence electrons. The zero-order valence-corrected chi connectivity index (χ0v) is 12.0. The predicted octanol–water partition coefficient (Wildman–Crippen LogP) is 1.95. The summed E-state index contributed by atoms with van der Waals surface area (Å²) in [5.74, 6) is -0.730. The molecule has 1 heterocycles. The van der Waals surface area contributed by atoms with Gasteiger partial charge < -0.3 is 15.3 Å². The Hall–Kier alpha value is -0.610. The summed E-state index contributed by atoms with van der Waals surface area (Å²) in [5, 5.41) is 12.1. The molecule has 1 fully saturated rings. The number of carboxylic acid groups (broad SMARTS) is 1. The van der Waals surface area contributed by atoms with Gasteiger partial charge in [-0.15, -0.1) is 0 Å². The van der Waals surface area contributed by atoms with Gasteiger partial charge in [-0.25, -0.2) is 0 Å². The Balaban J connectivity index is 2.36. The number of likely N-dealkylation sites (tertiary alicyclic amines) is 1. The molecule has 4 heteroatoms. The average Bonchev–Trinajstić information content (AvgIpc) is 2.45. The fourth-order valence-corrected chi connectivity index (χ4v) is 2.57. The zero-order chi connectivity index (χ0) is 13.6. The molecule has 1 unspecified atom stereocenters. The van der Waals surface area contributed by atoms with Gasteiger partial charge in [0.1, 0.15) is 6.04 Å². The van der Waals surface area contributed by atoms with Gasteiger partial charge in [-0.2, -0.15) is 0 Å². The summed E-state index contributed by atoms with van der Waals surface area (Å²) in [6, 6.07) is -0.397. The maximum Gasteiger partial charge on any atom is 0.320 e. The van der Waals surface area contributed by atoms with E-state index >= 15 is 0 Å². The third kappa shape index (κ3) is 5.36. The standard InChI is InChI=1S/C14H28N2O2/c1-4-15-12(13(17)18)6-10-16-9-5-7-14(2,3)8-11-16/h12,15H,4-11H2,1-3H3,(H,17,18). The molecule has 0 radical (unpaired) electrons. The largest absolute Gasteiger partial charge is 0.480 e. The first-order valence-electron chi connectivity index (χ1n) is 7.13. The summed E-state index contributed by atoms with van der Waals surface area (Å²) in [6.45, 7) is 10.4. The van der Waals surface area contributed by atoms with E-state index in [2.05, 4.69) is 24.1 Å². The van der Waals surface area contributed by atoms with Crippen LogP contribution in [0.3, 0.4) is 0 Å². The third-order valence-electron chi connectivity index (χ3n) is 3.92. The second-order valence-electron chi connectivity index (χ2n) is 6.10. The summed E-state index contributed by atoms with van der Waals surface area (Å²) in [6.07, 6.45) is 4.42. The van der Waals surface area contributed by atoms with E-state index < -0.39 is 12.0 Å². The van der Waals surface area contributed by atoms with Crippen LogP contribution in [0.2, 0.25) is 0 Å². The van der Waals surface area contributed by atoms with Crippen LogP contribution >= 0.6 is 0 Å². The van der Waals surface area contributed by atoms with E-state index in [0.717, 1.165) is 19.6 Å². The number of hydrogen-bond donors (Lipinski definition) is 2. The molecule has 1 atom stereocenters. The summed E-state index contributed by atoms with van der Waals surface area (Å²) in [4.78, 5) is 13.5. The number of likely N-dealkylation sites (N-methyl/N-ethyl adjacent to an activating group) is 1. The Morgan fingerprint density at radius 1 is 1.39 bits per heavy atom. The Kier molecular flexibility index (Phi) is 6.09.